The third-order valence-corrected chi connectivity index (χ3v) is 2.71. The van der Waals surface area contributed by atoms with Crippen LogP contribution in [0.5, 0.6) is 5.75 Å². The Balaban J connectivity index is 2.41. The Labute approximate surface area is 111 Å². The van der Waals surface area contributed by atoms with E-state index in [2.05, 4.69) is 5.32 Å². The molecule has 0 saturated carbocycles. The minimum absolute atomic E-state index is 0.185. The third-order valence-electron chi connectivity index (χ3n) is 2.71. The second-order valence-corrected chi connectivity index (χ2v) is 4.32. The molecule has 0 aromatic heterocycles. The first-order valence-corrected chi connectivity index (χ1v) is 5.92. The van der Waals surface area contributed by atoms with Crippen LogP contribution in [0.25, 0.3) is 0 Å². The van der Waals surface area contributed by atoms with Crippen molar-refractivity contribution in [1.82, 2.24) is 5.32 Å². The van der Waals surface area contributed by atoms with Gasteiger partial charge >= 0.3 is 5.97 Å². The van der Waals surface area contributed by atoms with Gasteiger partial charge in [0.2, 0.25) is 5.91 Å². The molecule has 1 aromatic rings. The number of nitrogens with one attached hydrogen (secondary N) is 1. The Hall–Kier alpha value is -2.24. The van der Waals surface area contributed by atoms with Gasteiger partial charge in [0.15, 0.2) is 0 Å². The number of amides is 1. The van der Waals surface area contributed by atoms with Crippen LogP contribution in [-0.4, -0.2) is 41.7 Å². The van der Waals surface area contributed by atoms with Crippen molar-refractivity contribution in [1.29, 1.82) is 0 Å². The van der Waals surface area contributed by atoms with Gasteiger partial charge in [-0.25, -0.2) is 0 Å². The topological polar surface area (TPSA) is 89.9 Å². The second kappa shape index (κ2) is 6.63. The molecule has 0 spiro atoms. The van der Waals surface area contributed by atoms with Crippen LogP contribution in [-0.2, 0) is 9.59 Å². The molecule has 1 unspecified atom stereocenters. The Bertz CT molecular complexity index is 444. The van der Waals surface area contributed by atoms with E-state index in [-0.39, 0.29) is 18.1 Å². The van der Waals surface area contributed by atoms with Gasteiger partial charge < -0.3 is 20.4 Å². The number of carboxylic acid groups (broad SMARTS) is 1. The molecule has 0 fully saturated rings. The first-order chi connectivity index (χ1) is 8.90. The van der Waals surface area contributed by atoms with Crippen molar-refractivity contribution >= 4 is 17.6 Å². The minimum Gasteiger partial charge on any atom is -0.508 e. The fourth-order valence-corrected chi connectivity index (χ4v) is 1.48. The summed E-state index contributed by atoms with van der Waals surface area (Å²) in [5.41, 5.74) is 0.872. The van der Waals surface area contributed by atoms with E-state index in [9.17, 15) is 9.59 Å². The molecular weight excluding hydrogens is 248 g/mol. The molecule has 1 atom stereocenters. The first-order valence-electron chi connectivity index (χ1n) is 5.92. The maximum atomic E-state index is 11.5. The van der Waals surface area contributed by atoms with Crippen LogP contribution in [0.15, 0.2) is 24.3 Å². The molecule has 19 heavy (non-hydrogen) atoms. The van der Waals surface area contributed by atoms with Crippen LogP contribution in [0.2, 0.25) is 0 Å². The number of anilines is 1. The van der Waals surface area contributed by atoms with Crippen LogP contribution < -0.4 is 10.2 Å². The number of hydrogen-bond donors (Lipinski definition) is 3. The molecular formula is C13H18N2O4. The number of nitrogens with zero attached hydrogens (tertiary/aromatic N) is 1. The summed E-state index contributed by atoms with van der Waals surface area (Å²) in [6.45, 7) is 1.88. The molecule has 1 rings (SSSR count). The van der Waals surface area contributed by atoms with Crippen molar-refractivity contribution in [3.8, 4) is 5.75 Å². The van der Waals surface area contributed by atoms with E-state index in [0.717, 1.165) is 5.69 Å². The van der Waals surface area contributed by atoms with Gasteiger partial charge in [-0.2, -0.15) is 0 Å². The lowest BCUT2D eigenvalue weighted by Gasteiger charge is -2.19. The van der Waals surface area contributed by atoms with E-state index in [0.29, 0.717) is 6.54 Å². The SMILES string of the molecule is CC(NC(=O)CCN(C)c1ccc(O)cc1)C(=O)O. The Morgan fingerprint density at radius 2 is 1.89 bits per heavy atom. The van der Waals surface area contributed by atoms with Crippen LogP contribution in [0.3, 0.4) is 0 Å². The van der Waals surface area contributed by atoms with Gasteiger partial charge in [-0.05, 0) is 31.2 Å². The number of aliphatic carboxylic acids is 1. The lowest BCUT2D eigenvalue weighted by atomic mass is 10.2. The largest absolute Gasteiger partial charge is 0.508 e. The predicted octanol–water partition coefficient (Wildman–Crippen LogP) is 0.808. The van der Waals surface area contributed by atoms with Gasteiger partial charge in [0.25, 0.3) is 0 Å². The number of phenolic OH excluding ortho intramolecular Hbond substituents is 1. The lowest BCUT2D eigenvalue weighted by molar-refractivity contribution is -0.141. The standard InChI is InChI=1S/C13H18N2O4/c1-9(13(18)19)14-12(17)7-8-15(2)10-3-5-11(16)6-4-10/h3-6,9,16H,7-8H2,1-2H3,(H,14,17)(H,18,19). The van der Waals surface area contributed by atoms with Crippen LogP contribution >= 0.6 is 0 Å². The number of rotatable bonds is 6. The summed E-state index contributed by atoms with van der Waals surface area (Å²) in [5.74, 6) is -1.18. The first kappa shape index (κ1) is 14.8. The molecule has 104 valence electrons. The average Bonchev–Trinajstić information content (AvgIpc) is 2.36. The van der Waals surface area contributed by atoms with Gasteiger partial charge in [-0.3, -0.25) is 9.59 Å². The van der Waals surface area contributed by atoms with Gasteiger partial charge in [0.05, 0.1) is 0 Å². The Morgan fingerprint density at radius 1 is 1.32 bits per heavy atom. The van der Waals surface area contributed by atoms with Crippen molar-refractivity contribution in [2.45, 2.75) is 19.4 Å². The van der Waals surface area contributed by atoms with E-state index >= 15 is 0 Å². The van der Waals surface area contributed by atoms with E-state index < -0.39 is 12.0 Å². The van der Waals surface area contributed by atoms with E-state index in [1.807, 2.05) is 11.9 Å². The highest BCUT2D eigenvalue weighted by Crippen LogP contribution is 2.17. The zero-order valence-corrected chi connectivity index (χ0v) is 11.0. The summed E-state index contributed by atoms with van der Waals surface area (Å²) in [6, 6.07) is 5.74. The number of aromatic hydroxyl groups is 1. The number of carbonyl (C=O) groups is 2. The molecule has 3 N–H and O–H groups in total. The molecule has 0 heterocycles. The van der Waals surface area contributed by atoms with E-state index in [1.54, 1.807) is 24.3 Å². The quantitative estimate of drug-likeness (QED) is 0.709. The number of phenols is 1. The summed E-state index contributed by atoms with van der Waals surface area (Å²) >= 11 is 0. The normalized spacial score (nSPS) is 11.7. The van der Waals surface area contributed by atoms with E-state index in [1.165, 1.54) is 6.92 Å². The molecule has 1 amide bonds. The molecule has 0 aliphatic rings. The van der Waals surface area contributed by atoms with Crippen LogP contribution in [0.1, 0.15) is 13.3 Å². The zero-order chi connectivity index (χ0) is 14.4. The summed E-state index contributed by atoms with van der Waals surface area (Å²) in [5, 5.41) is 20.2. The number of carboxylic acids is 1. The summed E-state index contributed by atoms with van der Waals surface area (Å²) < 4.78 is 0. The van der Waals surface area contributed by atoms with Gasteiger partial charge in [-0.15, -0.1) is 0 Å². The molecule has 0 aliphatic heterocycles. The van der Waals surface area contributed by atoms with Crippen molar-refractivity contribution in [2.24, 2.45) is 0 Å². The Kier molecular flexibility index (Phi) is 5.17. The van der Waals surface area contributed by atoms with Gasteiger partial charge in [-0.1, -0.05) is 0 Å². The molecule has 6 heteroatoms. The molecule has 6 nitrogen and oxygen atoms in total. The maximum Gasteiger partial charge on any atom is 0.325 e. The fourth-order valence-electron chi connectivity index (χ4n) is 1.48. The lowest BCUT2D eigenvalue weighted by Crippen LogP contribution is -2.39. The second-order valence-electron chi connectivity index (χ2n) is 4.32. The average molecular weight is 266 g/mol. The maximum absolute atomic E-state index is 11.5. The zero-order valence-electron chi connectivity index (χ0n) is 11.0. The highest BCUT2D eigenvalue weighted by Gasteiger charge is 2.14. The van der Waals surface area contributed by atoms with Crippen LogP contribution in [0, 0.1) is 0 Å². The minimum atomic E-state index is -1.06. The predicted molar refractivity (Wildman–Crippen MR) is 71.2 cm³/mol. The number of hydrogen-bond acceptors (Lipinski definition) is 4. The van der Waals surface area contributed by atoms with Crippen molar-refractivity contribution in [3.63, 3.8) is 0 Å². The highest BCUT2D eigenvalue weighted by atomic mass is 16.4. The van der Waals surface area contributed by atoms with Crippen molar-refractivity contribution in [2.75, 3.05) is 18.5 Å². The molecule has 0 radical (unpaired) electrons. The monoisotopic (exact) mass is 266 g/mol. The van der Waals surface area contributed by atoms with Gasteiger partial charge in [0.1, 0.15) is 11.8 Å². The smallest absolute Gasteiger partial charge is 0.325 e. The highest BCUT2D eigenvalue weighted by molar-refractivity contribution is 5.83. The fraction of sp³-hybridized carbons (Fsp3) is 0.385. The molecule has 0 bridgehead atoms. The summed E-state index contributed by atoms with van der Waals surface area (Å²) in [7, 11) is 1.82. The van der Waals surface area contributed by atoms with Gasteiger partial charge in [0, 0.05) is 25.7 Å². The van der Waals surface area contributed by atoms with E-state index in [4.69, 9.17) is 10.2 Å². The molecule has 0 aliphatic carbocycles. The third kappa shape index (κ3) is 4.87. The number of carbonyl (C=O) groups excluding carboxylic acids is 1. The number of benzene rings is 1. The molecule has 1 aromatic carbocycles. The Morgan fingerprint density at radius 3 is 2.42 bits per heavy atom. The summed E-state index contributed by atoms with van der Waals surface area (Å²) in [4.78, 5) is 23.9. The summed E-state index contributed by atoms with van der Waals surface area (Å²) in [6.07, 6.45) is 0.203. The van der Waals surface area contributed by atoms with Crippen molar-refractivity contribution < 1.29 is 19.8 Å². The van der Waals surface area contributed by atoms with Crippen LogP contribution in [0.4, 0.5) is 5.69 Å². The molecule has 0 saturated heterocycles. The van der Waals surface area contributed by atoms with Crippen molar-refractivity contribution in [3.05, 3.63) is 24.3 Å².